The number of azide groups is 1. The number of hydrogen-bond acceptors (Lipinski definition) is 5. The smallest absolute Gasteiger partial charge is 0.207 e. The zero-order valence-electron chi connectivity index (χ0n) is 7.59. The summed E-state index contributed by atoms with van der Waals surface area (Å²) in [5.74, 6) is -1.24. The molecule has 0 bridgehead atoms. The topological polar surface area (TPSA) is 109 Å². The number of rotatable bonds is 1. The molecule has 2 rings (SSSR count). The van der Waals surface area contributed by atoms with Crippen LogP contribution in [0.25, 0.3) is 10.4 Å². The van der Waals surface area contributed by atoms with E-state index in [1.165, 1.54) is 0 Å². The zero-order valence-corrected chi connectivity index (χ0v) is 8.34. The van der Waals surface area contributed by atoms with Crippen molar-refractivity contribution in [3.63, 3.8) is 0 Å². The molecule has 0 saturated heterocycles. The number of carbonyl (C=O) groups is 2. The lowest BCUT2D eigenvalue weighted by Gasteiger charge is -2.12. The second kappa shape index (κ2) is 3.73. The summed E-state index contributed by atoms with van der Waals surface area (Å²) in [7, 11) is 0. The number of carbonyl (C=O) groups excluding carboxylic acids is 2. The van der Waals surface area contributed by atoms with Gasteiger partial charge in [0.1, 0.15) is 10.7 Å². The number of hydrogen-bond donors (Lipinski definition) is 0. The standard InChI is InChI=1S/C8H2ClN5O2/c9-5-6(13-14-10)8(16)4-2-12-11-1-3(4)7(5)15/h1-2H. The molecule has 0 spiro atoms. The number of fused-ring (bicyclic) bond motifs is 1. The summed E-state index contributed by atoms with van der Waals surface area (Å²) in [5, 5.41) is 9.66. The van der Waals surface area contributed by atoms with Crippen LogP contribution in [0.2, 0.25) is 0 Å². The number of aromatic nitrogens is 2. The molecule has 0 saturated carbocycles. The molecule has 0 amide bonds. The third-order valence-corrected chi connectivity index (χ3v) is 2.34. The molecule has 1 aromatic rings. The van der Waals surface area contributed by atoms with Gasteiger partial charge in [-0.15, -0.1) is 0 Å². The van der Waals surface area contributed by atoms with Crippen molar-refractivity contribution in [3.05, 3.63) is 44.7 Å². The average molecular weight is 236 g/mol. The van der Waals surface area contributed by atoms with Crippen LogP contribution in [0.5, 0.6) is 0 Å². The molecule has 1 aromatic heterocycles. The molecule has 0 atom stereocenters. The van der Waals surface area contributed by atoms with E-state index in [4.69, 9.17) is 17.1 Å². The summed E-state index contributed by atoms with van der Waals surface area (Å²) >= 11 is 5.63. The minimum atomic E-state index is -0.632. The summed E-state index contributed by atoms with van der Waals surface area (Å²) < 4.78 is 0. The predicted molar refractivity (Wildman–Crippen MR) is 52.7 cm³/mol. The number of allylic oxidation sites excluding steroid dienone is 2. The van der Waals surface area contributed by atoms with E-state index in [2.05, 4.69) is 20.2 Å². The maximum Gasteiger partial charge on any atom is 0.207 e. The minimum absolute atomic E-state index is 0.0341. The number of nitrogens with zero attached hydrogens (tertiary/aromatic N) is 5. The van der Waals surface area contributed by atoms with Crippen molar-refractivity contribution in [3.8, 4) is 0 Å². The van der Waals surface area contributed by atoms with Crippen LogP contribution < -0.4 is 0 Å². The van der Waals surface area contributed by atoms with Gasteiger partial charge in [-0.25, -0.2) is 0 Å². The van der Waals surface area contributed by atoms with Crippen LogP contribution in [0.4, 0.5) is 0 Å². The molecule has 1 heterocycles. The Labute approximate surface area is 93.4 Å². The molecule has 0 aromatic carbocycles. The maximum atomic E-state index is 11.7. The Hall–Kier alpha value is -2.24. The van der Waals surface area contributed by atoms with Crippen molar-refractivity contribution < 1.29 is 9.59 Å². The minimum Gasteiger partial charge on any atom is -0.289 e. The SMILES string of the molecule is [N-]=[N+]=NC1=C(Cl)C(=O)c2cnncc2C1=O. The fourth-order valence-electron chi connectivity index (χ4n) is 1.27. The maximum absolute atomic E-state index is 11.7. The van der Waals surface area contributed by atoms with Gasteiger partial charge in [-0.3, -0.25) is 9.59 Å². The van der Waals surface area contributed by atoms with E-state index >= 15 is 0 Å². The number of ketones is 2. The second-order valence-electron chi connectivity index (χ2n) is 2.83. The van der Waals surface area contributed by atoms with Gasteiger partial charge in [-0.2, -0.15) is 10.2 Å². The lowest BCUT2D eigenvalue weighted by atomic mass is 9.96. The van der Waals surface area contributed by atoms with Crippen LogP contribution in [0.15, 0.2) is 28.2 Å². The van der Waals surface area contributed by atoms with E-state index in [1.807, 2.05) is 0 Å². The van der Waals surface area contributed by atoms with Crippen LogP contribution in [-0.2, 0) is 0 Å². The normalized spacial score (nSPS) is 14.6. The predicted octanol–water partition coefficient (Wildman–Crippen LogP) is 1.62. The molecular formula is C8H2ClN5O2. The quantitative estimate of drug-likeness (QED) is 0.418. The van der Waals surface area contributed by atoms with E-state index < -0.39 is 22.3 Å². The van der Waals surface area contributed by atoms with Crippen LogP contribution in [0.1, 0.15) is 20.7 Å². The molecule has 8 heteroatoms. The number of Topliss-reactive ketones (excluding diaryl/α,β-unsaturated/α-hetero) is 2. The van der Waals surface area contributed by atoms with Gasteiger partial charge in [0.2, 0.25) is 5.78 Å². The molecular weight excluding hydrogens is 234 g/mol. The first-order valence-corrected chi connectivity index (χ1v) is 4.39. The molecule has 78 valence electrons. The fraction of sp³-hybridized carbons (Fsp3) is 0. The van der Waals surface area contributed by atoms with Crippen LogP contribution >= 0.6 is 11.6 Å². The Morgan fingerprint density at radius 2 is 1.75 bits per heavy atom. The van der Waals surface area contributed by atoms with Gasteiger partial charge >= 0.3 is 0 Å². The molecule has 0 radical (unpaired) electrons. The Balaban J connectivity index is 2.72. The summed E-state index contributed by atoms with van der Waals surface area (Å²) in [5.41, 5.74) is 7.95. The van der Waals surface area contributed by atoms with E-state index in [1.54, 1.807) is 0 Å². The first kappa shape index (κ1) is 10.3. The lowest BCUT2D eigenvalue weighted by Crippen LogP contribution is -2.19. The molecule has 16 heavy (non-hydrogen) atoms. The number of halogens is 1. The van der Waals surface area contributed by atoms with Gasteiger partial charge in [-0.05, 0) is 5.53 Å². The van der Waals surface area contributed by atoms with E-state index in [0.717, 1.165) is 12.4 Å². The van der Waals surface area contributed by atoms with Crippen LogP contribution in [-0.4, -0.2) is 21.8 Å². The Bertz CT molecular complexity index is 588. The van der Waals surface area contributed by atoms with E-state index in [-0.39, 0.29) is 11.1 Å². The Morgan fingerprint density at radius 3 is 2.31 bits per heavy atom. The molecule has 7 nitrogen and oxygen atoms in total. The molecule has 0 unspecified atom stereocenters. The summed E-state index contributed by atoms with van der Waals surface area (Å²) in [6.45, 7) is 0. The summed E-state index contributed by atoms with van der Waals surface area (Å²) in [6, 6.07) is 0. The Kier molecular flexibility index (Phi) is 2.40. The molecule has 1 aliphatic carbocycles. The summed E-state index contributed by atoms with van der Waals surface area (Å²) in [4.78, 5) is 25.8. The third kappa shape index (κ3) is 1.35. The highest BCUT2D eigenvalue weighted by molar-refractivity contribution is 6.49. The average Bonchev–Trinajstić information content (AvgIpc) is 2.32. The highest BCUT2D eigenvalue weighted by atomic mass is 35.5. The molecule has 0 aliphatic heterocycles. The van der Waals surface area contributed by atoms with Crippen LogP contribution in [0, 0.1) is 0 Å². The van der Waals surface area contributed by atoms with Crippen molar-refractivity contribution in [1.82, 2.24) is 10.2 Å². The van der Waals surface area contributed by atoms with Gasteiger partial charge in [0.05, 0.1) is 23.5 Å². The largest absolute Gasteiger partial charge is 0.289 e. The second-order valence-corrected chi connectivity index (χ2v) is 3.20. The third-order valence-electron chi connectivity index (χ3n) is 1.99. The highest BCUT2D eigenvalue weighted by Crippen LogP contribution is 2.28. The summed E-state index contributed by atoms with van der Waals surface area (Å²) in [6.07, 6.45) is 2.27. The Morgan fingerprint density at radius 1 is 1.19 bits per heavy atom. The lowest BCUT2D eigenvalue weighted by molar-refractivity contribution is 0.0978. The van der Waals surface area contributed by atoms with Gasteiger partial charge in [-0.1, -0.05) is 16.7 Å². The first-order chi connectivity index (χ1) is 7.66. The van der Waals surface area contributed by atoms with E-state index in [9.17, 15) is 9.59 Å². The highest BCUT2D eigenvalue weighted by Gasteiger charge is 2.31. The van der Waals surface area contributed by atoms with Gasteiger partial charge < -0.3 is 0 Å². The monoisotopic (exact) mass is 235 g/mol. The van der Waals surface area contributed by atoms with Crippen molar-refractivity contribution >= 4 is 23.2 Å². The van der Waals surface area contributed by atoms with Crippen molar-refractivity contribution in [1.29, 1.82) is 0 Å². The zero-order chi connectivity index (χ0) is 11.7. The van der Waals surface area contributed by atoms with Gasteiger partial charge in [0, 0.05) is 4.91 Å². The van der Waals surface area contributed by atoms with Crippen molar-refractivity contribution in [2.45, 2.75) is 0 Å². The molecule has 1 aliphatic rings. The molecule has 0 fully saturated rings. The first-order valence-electron chi connectivity index (χ1n) is 4.01. The van der Waals surface area contributed by atoms with Crippen LogP contribution in [0.3, 0.4) is 0 Å². The van der Waals surface area contributed by atoms with Gasteiger partial charge in [0.25, 0.3) is 0 Å². The fourth-order valence-corrected chi connectivity index (χ4v) is 1.50. The van der Waals surface area contributed by atoms with E-state index in [0.29, 0.717) is 0 Å². The molecule has 0 N–H and O–H groups in total. The van der Waals surface area contributed by atoms with Crippen molar-refractivity contribution in [2.24, 2.45) is 5.11 Å². The van der Waals surface area contributed by atoms with Crippen molar-refractivity contribution in [2.75, 3.05) is 0 Å². The van der Waals surface area contributed by atoms with Gasteiger partial charge in [0.15, 0.2) is 5.78 Å².